The Labute approximate surface area is 75.7 Å². The van der Waals surface area contributed by atoms with Gasteiger partial charge in [-0.25, -0.2) is 4.98 Å². The van der Waals surface area contributed by atoms with E-state index in [1.807, 2.05) is 14.0 Å². The van der Waals surface area contributed by atoms with Gasteiger partial charge in [0.15, 0.2) is 0 Å². The normalized spacial score (nSPS) is 8.33. The third-order valence-electron chi connectivity index (χ3n) is 1.01. The van der Waals surface area contributed by atoms with Crippen LogP contribution in [0.25, 0.3) is 0 Å². The molecule has 0 saturated carbocycles. The predicted molar refractivity (Wildman–Crippen MR) is 54.4 cm³/mol. The Bertz CT molecular complexity index is 216. The standard InChI is InChI=1S/C6H9N3.C3H8.H2/c1-5-3-8-4-6(7-2)9-5;1-3-2;/h3-4H,1-2H3,(H,7,9);3H2,1-2H3;1H. The summed E-state index contributed by atoms with van der Waals surface area (Å²) in [6.07, 6.45) is 4.66. The maximum absolute atomic E-state index is 4.12. The van der Waals surface area contributed by atoms with Crippen molar-refractivity contribution in [3.05, 3.63) is 18.1 Å². The van der Waals surface area contributed by atoms with Crippen LogP contribution in [0.5, 0.6) is 0 Å². The highest BCUT2D eigenvalue weighted by atomic mass is 15.0. The zero-order valence-corrected chi connectivity index (χ0v) is 8.26. The number of anilines is 1. The molecule has 0 atom stereocenters. The van der Waals surface area contributed by atoms with Crippen molar-refractivity contribution >= 4 is 5.82 Å². The molecule has 0 bridgehead atoms. The van der Waals surface area contributed by atoms with Gasteiger partial charge in [-0.1, -0.05) is 20.3 Å². The van der Waals surface area contributed by atoms with E-state index in [9.17, 15) is 0 Å². The molecule has 0 aliphatic heterocycles. The Morgan fingerprint density at radius 3 is 2.33 bits per heavy atom. The lowest BCUT2D eigenvalue weighted by Gasteiger charge is -1.96. The molecule has 0 radical (unpaired) electrons. The molecule has 0 fully saturated rings. The van der Waals surface area contributed by atoms with E-state index in [1.165, 1.54) is 6.42 Å². The number of nitrogens with one attached hydrogen (secondary N) is 1. The molecule has 0 aliphatic rings. The quantitative estimate of drug-likeness (QED) is 0.702. The van der Waals surface area contributed by atoms with Gasteiger partial charge in [0, 0.05) is 14.7 Å². The Kier molecular flexibility index (Phi) is 5.97. The molecule has 0 unspecified atom stereocenters. The van der Waals surface area contributed by atoms with Gasteiger partial charge < -0.3 is 5.32 Å². The highest BCUT2D eigenvalue weighted by Gasteiger charge is 1.87. The number of aromatic nitrogens is 2. The van der Waals surface area contributed by atoms with Crippen LogP contribution < -0.4 is 5.32 Å². The van der Waals surface area contributed by atoms with E-state index in [-0.39, 0.29) is 1.43 Å². The molecule has 1 aromatic rings. The summed E-state index contributed by atoms with van der Waals surface area (Å²) >= 11 is 0. The summed E-state index contributed by atoms with van der Waals surface area (Å²) in [5, 5.41) is 2.89. The van der Waals surface area contributed by atoms with Crippen molar-refractivity contribution in [2.24, 2.45) is 0 Å². The minimum Gasteiger partial charge on any atom is -0.372 e. The molecular formula is C9H19N3. The zero-order chi connectivity index (χ0) is 9.40. The molecule has 1 N–H and O–H groups in total. The van der Waals surface area contributed by atoms with Gasteiger partial charge in [-0.2, -0.15) is 0 Å². The van der Waals surface area contributed by atoms with Crippen LogP contribution >= 0.6 is 0 Å². The smallest absolute Gasteiger partial charge is 0.144 e. The van der Waals surface area contributed by atoms with E-state index < -0.39 is 0 Å². The van der Waals surface area contributed by atoms with Gasteiger partial charge in [-0.05, 0) is 6.92 Å². The molecule has 0 amide bonds. The molecule has 0 aliphatic carbocycles. The molecule has 0 saturated heterocycles. The van der Waals surface area contributed by atoms with Crippen LogP contribution in [0.3, 0.4) is 0 Å². The monoisotopic (exact) mass is 169 g/mol. The SMILES string of the molecule is CCC.CNc1cncc(C)n1.[HH]. The summed E-state index contributed by atoms with van der Waals surface area (Å²) in [6.45, 7) is 6.16. The van der Waals surface area contributed by atoms with E-state index in [4.69, 9.17) is 0 Å². The first kappa shape index (κ1) is 10.9. The van der Waals surface area contributed by atoms with Gasteiger partial charge in [-0.3, -0.25) is 4.98 Å². The van der Waals surface area contributed by atoms with Crippen LogP contribution in [-0.4, -0.2) is 17.0 Å². The molecule has 12 heavy (non-hydrogen) atoms. The Hall–Kier alpha value is -1.12. The van der Waals surface area contributed by atoms with Crippen molar-refractivity contribution in [2.45, 2.75) is 27.2 Å². The molecule has 3 nitrogen and oxygen atoms in total. The maximum Gasteiger partial charge on any atom is 0.144 e. The topological polar surface area (TPSA) is 37.8 Å². The van der Waals surface area contributed by atoms with Crippen LogP contribution in [0.4, 0.5) is 5.82 Å². The van der Waals surface area contributed by atoms with Crippen LogP contribution in [0.1, 0.15) is 27.4 Å². The number of hydrogen-bond acceptors (Lipinski definition) is 3. The summed E-state index contributed by atoms with van der Waals surface area (Å²) in [7, 11) is 1.82. The minimum atomic E-state index is 0. The van der Waals surface area contributed by atoms with E-state index in [0.717, 1.165) is 11.5 Å². The first-order chi connectivity index (χ1) is 5.74. The van der Waals surface area contributed by atoms with Gasteiger partial charge in [-0.15, -0.1) is 0 Å². The Balaban J connectivity index is 0. The summed E-state index contributed by atoms with van der Waals surface area (Å²) in [5.41, 5.74) is 0.932. The van der Waals surface area contributed by atoms with Gasteiger partial charge in [0.25, 0.3) is 0 Å². The van der Waals surface area contributed by atoms with Crippen molar-refractivity contribution in [1.29, 1.82) is 0 Å². The molecule has 70 valence electrons. The van der Waals surface area contributed by atoms with E-state index in [2.05, 4.69) is 29.1 Å². The molecule has 3 heteroatoms. The third-order valence-corrected chi connectivity index (χ3v) is 1.01. The van der Waals surface area contributed by atoms with Gasteiger partial charge in [0.1, 0.15) is 5.82 Å². The average Bonchev–Trinajstić information content (AvgIpc) is 2.06. The second-order valence-corrected chi connectivity index (χ2v) is 2.50. The second-order valence-electron chi connectivity index (χ2n) is 2.50. The molecular weight excluding hydrogens is 150 g/mol. The lowest BCUT2D eigenvalue weighted by atomic mass is 10.5. The van der Waals surface area contributed by atoms with Gasteiger partial charge in [0.05, 0.1) is 11.9 Å². The van der Waals surface area contributed by atoms with Crippen molar-refractivity contribution in [3.8, 4) is 0 Å². The summed E-state index contributed by atoms with van der Waals surface area (Å²) in [5.74, 6) is 0.815. The van der Waals surface area contributed by atoms with Crippen LogP contribution in [0.2, 0.25) is 0 Å². The minimum absolute atomic E-state index is 0. The molecule has 1 rings (SSSR count). The zero-order valence-electron chi connectivity index (χ0n) is 8.26. The largest absolute Gasteiger partial charge is 0.372 e. The van der Waals surface area contributed by atoms with Crippen molar-refractivity contribution < 1.29 is 1.43 Å². The second kappa shape index (κ2) is 6.58. The van der Waals surface area contributed by atoms with Crippen LogP contribution in [0, 0.1) is 6.92 Å². The van der Waals surface area contributed by atoms with Gasteiger partial charge >= 0.3 is 0 Å². The Morgan fingerprint density at radius 1 is 1.42 bits per heavy atom. The molecule has 1 aromatic heterocycles. The third kappa shape index (κ3) is 4.66. The summed E-state index contributed by atoms with van der Waals surface area (Å²) in [6, 6.07) is 0. The van der Waals surface area contributed by atoms with Crippen LogP contribution in [0.15, 0.2) is 12.4 Å². The number of rotatable bonds is 1. The fourth-order valence-corrected chi connectivity index (χ4v) is 0.584. The van der Waals surface area contributed by atoms with Crippen molar-refractivity contribution in [3.63, 3.8) is 0 Å². The van der Waals surface area contributed by atoms with Crippen molar-refractivity contribution in [2.75, 3.05) is 12.4 Å². The first-order valence-electron chi connectivity index (χ1n) is 4.21. The number of nitrogens with zero attached hydrogens (tertiary/aromatic N) is 2. The Morgan fingerprint density at radius 2 is 2.00 bits per heavy atom. The maximum atomic E-state index is 4.12. The van der Waals surface area contributed by atoms with Crippen LogP contribution in [-0.2, 0) is 0 Å². The lowest BCUT2D eigenvalue weighted by Crippen LogP contribution is -1.93. The highest BCUT2D eigenvalue weighted by Crippen LogP contribution is 1.97. The number of aryl methyl sites for hydroxylation is 1. The van der Waals surface area contributed by atoms with Gasteiger partial charge in [0.2, 0.25) is 0 Å². The van der Waals surface area contributed by atoms with Crippen molar-refractivity contribution in [1.82, 2.24) is 9.97 Å². The molecule has 0 spiro atoms. The predicted octanol–water partition coefficient (Wildman–Crippen LogP) is 2.49. The number of hydrogen-bond donors (Lipinski definition) is 1. The fourth-order valence-electron chi connectivity index (χ4n) is 0.584. The van der Waals surface area contributed by atoms with E-state index in [0.29, 0.717) is 0 Å². The average molecular weight is 169 g/mol. The van der Waals surface area contributed by atoms with E-state index in [1.54, 1.807) is 12.4 Å². The van der Waals surface area contributed by atoms with E-state index >= 15 is 0 Å². The summed E-state index contributed by atoms with van der Waals surface area (Å²) in [4.78, 5) is 8.05. The molecule has 0 aromatic carbocycles. The summed E-state index contributed by atoms with van der Waals surface area (Å²) < 4.78 is 0. The first-order valence-corrected chi connectivity index (χ1v) is 4.21. The lowest BCUT2D eigenvalue weighted by molar-refractivity contribution is 1.09. The fraction of sp³-hybridized carbons (Fsp3) is 0.556. The highest BCUT2D eigenvalue weighted by molar-refractivity contribution is 5.29. The molecule has 1 heterocycles.